The van der Waals surface area contributed by atoms with Gasteiger partial charge in [0.15, 0.2) is 6.61 Å². The van der Waals surface area contributed by atoms with Crippen LogP contribution in [0.5, 0.6) is 0 Å². The predicted octanol–water partition coefficient (Wildman–Crippen LogP) is 2.91. The molecule has 7 nitrogen and oxygen atoms in total. The summed E-state index contributed by atoms with van der Waals surface area (Å²) in [7, 11) is 0. The number of anilines is 1. The number of carbonyl (C=O) groups is 3. The van der Waals surface area contributed by atoms with Crippen molar-refractivity contribution >= 4 is 35.2 Å². The smallest absolute Gasteiger partial charge is 0.338 e. The molecule has 2 rings (SSSR count). The number of hydrogen-bond acceptors (Lipinski definition) is 6. The zero-order chi connectivity index (χ0) is 21.1. The largest absolute Gasteiger partial charge is 0.452 e. The highest BCUT2D eigenvalue weighted by Gasteiger charge is 2.10. The molecule has 0 spiro atoms. The van der Waals surface area contributed by atoms with Gasteiger partial charge in [-0.3, -0.25) is 9.59 Å². The summed E-state index contributed by atoms with van der Waals surface area (Å²) < 4.78 is 4.99. The molecular formula is C21H21N3O4S. The molecule has 150 valence electrons. The molecule has 0 unspecified atom stereocenters. The van der Waals surface area contributed by atoms with E-state index in [1.807, 2.05) is 31.2 Å². The van der Waals surface area contributed by atoms with E-state index in [2.05, 4.69) is 10.6 Å². The van der Waals surface area contributed by atoms with E-state index in [0.29, 0.717) is 18.0 Å². The first-order valence-electron chi connectivity index (χ1n) is 8.88. The first kappa shape index (κ1) is 22.0. The van der Waals surface area contributed by atoms with Crippen molar-refractivity contribution in [3.63, 3.8) is 0 Å². The van der Waals surface area contributed by atoms with Crippen LogP contribution in [0.1, 0.15) is 22.3 Å². The second-order valence-corrected chi connectivity index (χ2v) is 7.22. The van der Waals surface area contributed by atoms with Crippen molar-refractivity contribution in [2.45, 2.75) is 18.2 Å². The fraction of sp³-hybridized carbons (Fsp3) is 0.238. The summed E-state index contributed by atoms with van der Waals surface area (Å²) in [4.78, 5) is 36.3. The molecule has 2 aromatic rings. The van der Waals surface area contributed by atoms with E-state index in [4.69, 9.17) is 10.00 Å². The molecule has 2 N–H and O–H groups in total. The van der Waals surface area contributed by atoms with E-state index in [1.165, 1.54) is 29.8 Å². The minimum atomic E-state index is -0.635. The first-order valence-corrected chi connectivity index (χ1v) is 9.86. The van der Waals surface area contributed by atoms with Crippen molar-refractivity contribution in [1.29, 1.82) is 5.26 Å². The van der Waals surface area contributed by atoms with Crippen LogP contribution in [-0.4, -0.2) is 36.7 Å². The lowest BCUT2D eigenvalue weighted by molar-refractivity contribution is -0.124. The van der Waals surface area contributed by atoms with Gasteiger partial charge < -0.3 is 15.4 Å². The Morgan fingerprint density at radius 2 is 1.72 bits per heavy atom. The molecule has 8 heteroatoms. The number of nitrogens with one attached hydrogen (secondary N) is 2. The lowest BCUT2D eigenvalue weighted by Gasteiger charge is -2.08. The Hall–Kier alpha value is -3.31. The van der Waals surface area contributed by atoms with Gasteiger partial charge in [-0.2, -0.15) is 5.26 Å². The summed E-state index contributed by atoms with van der Waals surface area (Å²) in [5, 5.41) is 13.7. The Balaban J connectivity index is 1.67. The summed E-state index contributed by atoms with van der Waals surface area (Å²) in [6.07, 6.45) is -0.248. The van der Waals surface area contributed by atoms with Crippen molar-refractivity contribution in [1.82, 2.24) is 5.32 Å². The zero-order valence-electron chi connectivity index (χ0n) is 15.9. The molecule has 0 aliphatic heterocycles. The standard InChI is InChI=1S/C21H21N3O4S/c1-15-2-8-18(9-3-15)29-13-12-23-20(26)14-28-21(27)16-4-6-17(7-5-16)24-19(25)10-11-22/h2-9H,10,12-14H2,1H3,(H,23,26)(H,24,25). The van der Waals surface area contributed by atoms with E-state index in [-0.39, 0.29) is 24.5 Å². The number of amides is 2. The number of rotatable bonds is 9. The van der Waals surface area contributed by atoms with Crippen molar-refractivity contribution in [3.05, 3.63) is 59.7 Å². The average Bonchev–Trinajstić information content (AvgIpc) is 2.71. The number of ether oxygens (including phenoxy) is 1. The van der Waals surface area contributed by atoms with Crippen LogP contribution < -0.4 is 10.6 Å². The third-order valence-electron chi connectivity index (χ3n) is 3.69. The van der Waals surface area contributed by atoms with Crippen molar-refractivity contribution in [2.75, 3.05) is 24.2 Å². The Morgan fingerprint density at radius 3 is 2.38 bits per heavy atom. The maximum atomic E-state index is 12.0. The number of nitriles is 1. The summed E-state index contributed by atoms with van der Waals surface area (Å²) in [5.41, 5.74) is 1.92. The van der Waals surface area contributed by atoms with Gasteiger partial charge in [0.05, 0.1) is 11.6 Å². The van der Waals surface area contributed by atoms with Crippen LogP contribution in [0.25, 0.3) is 0 Å². The molecule has 0 heterocycles. The van der Waals surface area contributed by atoms with E-state index >= 15 is 0 Å². The van der Waals surface area contributed by atoms with Crippen LogP contribution in [0.2, 0.25) is 0 Å². The van der Waals surface area contributed by atoms with Crippen LogP contribution in [0.3, 0.4) is 0 Å². The van der Waals surface area contributed by atoms with Crippen molar-refractivity contribution in [3.8, 4) is 6.07 Å². The Morgan fingerprint density at radius 1 is 1.03 bits per heavy atom. The van der Waals surface area contributed by atoms with Crippen molar-refractivity contribution < 1.29 is 19.1 Å². The molecule has 0 bridgehead atoms. The van der Waals surface area contributed by atoms with E-state index in [9.17, 15) is 14.4 Å². The van der Waals surface area contributed by atoms with E-state index in [1.54, 1.807) is 17.8 Å². The third-order valence-corrected chi connectivity index (χ3v) is 4.71. The van der Waals surface area contributed by atoms with Gasteiger partial charge in [0.1, 0.15) is 6.42 Å². The first-order chi connectivity index (χ1) is 14.0. The Kier molecular flexibility index (Phi) is 8.73. The Labute approximate surface area is 173 Å². The average molecular weight is 411 g/mol. The minimum absolute atomic E-state index is 0.248. The topological polar surface area (TPSA) is 108 Å². The Bertz CT molecular complexity index is 890. The van der Waals surface area contributed by atoms with Crippen LogP contribution in [0.15, 0.2) is 53.4 Å². The number of nitrogens with zero attached hydrogens (tertiary/aromatic N) is 1. The van der Waals surface area contributed by atoms with Gasteiger partial charge in [0.2, 0.25) is 5.91 Å². The molecule has 0 saturated heterocycles. The van der Waals surface area contributed by atoms with Gasteiger partial charge in [0, 0.05) is 22.9 Å². The number of thioether (sulfide) groups is 1. The lowest BCUT2D eigenvalue weighted by atomic mass is 10.2. The number of benzene rings is 2. The van der Waals surface area contributed by atoms with E-state index in [0.717, 1.165) is 4.90 Å². The normalized spacial score (nSPS) is 9.93. The summed E-state index contributed by atoms with van der Waals surface area (Å²) in [5.74, 6) is -0.728. The predicted molar refractivity (Wildman–Crippen MR) is 110 cm³/mol. The quantitative estimate of drug-likeness (QED) is 0.373. The van der Waals surface area contributed by atoms with Crippen LogP contribution in [-0.2, 0) is 14.3 Å². The summed E-state index contributed by atoms with van der Waals surface area (Å²) in [6, 6.07) is 15.9. The van der Waals surface area contributed by atoms with Gasteiger partial charge in [0.25, 0.3) is 5.91 Å². The van der Waals surface area contributed by atoms with E-state index < -0.39 is 11.9 Å². The van der Waals surface area contributed by atoms with Gasteiger partial charge in [-0.25, -0.2) is 4.79 Å². The number of aryl methyl sites for hydroxylation is 1. The molecule has 29 heavy (non-hydrogen) atoms. The second kappa shape index (κ2) is 11.5. The van der Waals surface area contributed by atoms with Crippen LogP contribution in [0, 0.1) is 18.3 Å². The molecule has 0 aromatic heterocycles. The molecule has 0 aliphatic rings. The van der Waals surface area contributed by atoms with Gasteiger partial charge in [-0.15, -0.1) is 11.8 Å². The molecule has 0 radical (unpaired) electrons. The van der Waals surface area contributed by atoms with Crippen molar-refractivity contribution in [2.24, 2.45) is 0 Å². The highest BCUT2D eigenvalue weighted by molar-refractivity contribution is 7.99. The maximum absolute atomic E-state index is 12.0. The molecule has 0 fully saturated rings. The number of esters is 1. The zero-order valence-corrected chi connectivity index (χ0v) is 16.8. The van der Waals surface area contributed by atoms with Crippen LogP contribution in [0.4, 0.5) is 5.69 Å². The van der Waals surface area contributed by atoms with Gasteiger partial charge >= 0.3 is 5.97 Å². The molecule has 0 aliphatic carbocycles. The molecule has 2 amide bonds. The molecule has 0 atom stereocenters. The third kappa shape index (κ3) is 8.07. The molecule has 2 aromatic carbocycles. The summed E-state index contributed by atoms with van der Waals surface area (Å²) in [6.45, 7) is 2.12. The monoisotopic (exact) mass is 411 g/mol. The molecule has 0 saturated carbocycles. The maximum Gasteiger partial charge on any atom is 0.338 e. The lowest BCUT2D eigenvalue weighted by Crippen LogP contribution is -2.30. The summed E-state index contributed by atoms with van der Waals surface area (Å²) >= 11 is 1.63. The minimum Gasteiger partial charge on any atom is -0.452 e. The second-order valence-electron chi connectivity index (χ2n) is 6.05. The fourth-order valence-corrected chi connectivity index (χ4v) is 2.99. The van der Waals surface area contributed by atoms with Gasteiger partial charge in [-0.05, 0) is 43.3 Å². The fourth-order valence-electron chi connectivity index (χ4n) is 2.23. The van der Waals surface area contributed by atoms with Crippen LogP contribution >= 0.6 is 11.8 Å². The SMILES string of the molecule is Cc1ccc(SCCNC(=O)COC(=O)c2ccc(NC(=O)CC#N)cc2)cc1. The molecular weight excluding hydrogens is 390 g/mol. The number of hydrogen-bond donors (Lipinski definition) is 2. The number of carbonyl (C=O) groups excluding carboxylic acids is 3. The van der Waals surface area contributed by atoms with Gasteiger partial charge in [-0.1, -0.05) is 17.7 Å². The highest BCUT2D eigenvalue weighted by Crippen LogP contribution is 2.17. The highest BCUT2D eigenvalue weighted by atomic mass is 32.2.